The van der Waals surface area contributed by atoms with Crippen LogP contribution in [0.3, 0.4) is 0 Å². The lowest BCUT2D eigenvalue weighted by molar-refractivity contribution is -0.173. The van der Waals surface area contributed by atoms with Crippen molar-refractivity contribution in [3.8, 4) is 12.3 Å². The van der Waals surface area contributed by atoms with Gasteiger partial charge in [-0.15, -0.1) is 6.42 Å². The van der Waals surface area contributed by atoms with Crippen LogP contribution in [0.1, 0.15) is 0 Å². The summed E-state index contributed by atoms with van der Waals surface area (Å²) < 4.78 is 39.1. The van der Waals surface area contributed by atoms with E-state index in [-0.39, 0.29) is 32.1 Å². The largest absolute Gasteiger partial charge is 0.411 e. The average molecular weight is 238 g/mol. The first kappa shape index (κ1) is 14.7. The molecule has 92 valence electrons. The zero-order valence-electron chi connectivity index (χ0n) is 8.56. The van der Waals surface area contributed by atoms with Gasteiger partial charge in [0.05, 0.1) is 19.7 Å². The quantitative estimate of drug-likeness (QED) is 0.481. The van der Waals surface area contributed by atoms with Gasteiger partial charge in [-0.3, -0.25) is 10.1 Å². The molecule has 0 fully saturated rings. The summed E-state index contributed by atoms with van der Waals surface area (Å²) in [5.74, 6) is 1.93. The zero-order valence-corrected chi connectivity index (χ0v) is 8.56. The van der Waals surface area contributed by atoms with Crippen LogP contribution in [0.2, 0.25) is 0 Å². The second-order valence-electron chi connectivity index (χ2n) is 2.83. The molecule has 7 heteroatoms. The number of carbonyl (C=O) groups is 1. The summed E-state index contributed by atoms with van der Waals surface area (Å²) in [5.41, 5.74) is 0. The van der Waals surface area contributed by atoms with Gasteiger partial charge in [-0.1, -0.05) is 5.92 Å². The molecule has 1 amide bonds. The summed E-state index contributed by atoms with van der Waals surface area (Å²) in [4.78, 5) is 11.0. The van der Waals surface area contributed by atoms with E-state index in [1.165, 1.54) is 0 Å². The molecule has 0 aliphatic rings. The third-order valence-corrected chi connectivity index (χ3v) is 1.35. The fourth-order valence-corrected chi connectivity index (χ4v) is 0.761. The molecule has 0 aliphatic heterocycles. The lowest BCUT2D eigenvalue weighted by Gasteiger charge is -2.08. The van der Waals surface area contributed by atoms with Crippen LogP contribution in [0.15, 0.2) is 0 Å². The predicted octanol–water partition coefficient (Wildman–Crippen LogP) is -0.0957. The van der Waals surface area contributed by atoms with Crippen molar-refractivity contribution < 1.29 is 22.7 Å². The first-order chi connectivity index (χ1) is 7.45. The number of halogens is 3. The minimum absolute atomic E-state index is 0.0312. The highest BCUT2D eigenvalue weighted by Crippen LogP contribution is 2.13. The highest BCUT2D eigenvalue weighted by Gasteiger charge is 2.27. The van der Waals surface area contributed by atoms with Gasteiger partial charge in [0.2, 0.25) is 5.91 Å². The minimum atomic E-state index is -4.33. The van der Waals surface area contributed by atoms with Crippen LogP contribution in [0.25, 0.3) is 0 Å². The van der Waals surface area contributed by atoms with Crippen molar-refractivity contribution in [3.63, 3.8) is 0 Å². The van der Waals surface area contributed by atoms with E-state index in [1.54, 1.807) is 0 Å². The van der Waals surface area contributed by atoms with Gasteiger partial charge in [0.25, 0.3) is 0 Å². The van der Waals surface area contributed by atoms with E-state index in [9.17, 15) is 18.0 Å². The van der Waals surface area contributed by atoms with Gasteiger partial charge < -0.3 is 10.1 Å². The molecular weight excluding hydrogens is 225 g/mol. The maximum Gasteiger partial charge on any atom is 0.411 e. The van der Waals surface area contributed by atoms with E-state index in [0.29, 0.717) is 0 Å². The Hall–Kier alpha value is -1.26. The van der Waals surface area contributed by atoms with E-state index in [4.69, 9.17) is 6.42 Å². The molecule has 0 bridgehead atoms. The highest BCUT2D eigenvalue weighted by atomic mass is 19.4. The van der Waals surface area contributed by atoms with Gasteiger partial charge in [0.1, 0.15) is 6.61 Å². The molecule has 4 nitrogen and oxygen atoms in total. The predicted molar refractivity (Wildman–Crippen MR) is 51.6 cm³/mol. The van der Waals surface area contributed by atoms with Gasteiger partial charge in [0.15, 0.2) is 0 Å². The Morgan fingerprint density at radius 2 is 2.12 bits per heavy atom. The van der Waals surface area contributed by atoms with Crippen LogP contribution in [-0.4, -0.2) is 44.9 Å². The van der Waals surface area contributed by atoms with Crippen LogP contribution < -0.4 is 10.6 Å². The smallest absolute Gasteiger partial charge is 0.370 e. The normalized spacial score (nSPS) is 10.9. The van der Waals surface area contributed by atoms with Gasteiger partial charge in [-0.2, -0.15) is 13.2 Å². The summed E-state index contributed by atoms with van der Waals surface area (Å²) >= 11 is 0. The Kier molecular flexibility index (Phi) is 7.33. The maximum atomic E-state index is 11.6. The standard InChI is InChI=1S/C9H13F3N2O2/c1-2-3-13-6-8(15)14-4-5-16-7-9(10,11)12/h1,13H,3-7H2,(H,14,15). The molecule has 0 aromatic rings. The van der Waals surface area contributed by atoms with Crippen molar-refractivity contribution in [2.45, 2.75) is 6.18 Å². The third-order valence-electron chi connectivity index (χ3n) is 1.35. The summed E-state index contributed by atoms with van der Waals surface area (Å²) in [5, 5.41) is 5.00. The first-order valence-corrected chi connectivity index (χ1v) is 4.51. The molecular formula is C9H13F3N2O2. The maximum absolute atomic E-state index is 11.6. The van der Waals surface area contributed by atoms with Crippen molar-refractivity contribution in [1.29, 1.82) is 0 Å². The molecule has 0 aliphatic carbocycles. The molecule has 0 saturated heterocycles. The van der Waals surface area contributed by atoms with Crippen molar-refractivity contribution in [3.05, 3.63) is 0 Å². The third kappa shape index (κ3) is 10.8. The van der Waals surface area contributed by atoms with Crippen LogP contribution in [0.4, 0.5) is 13.2 Å². The summed E-state index contributed by atoms with van der Waals surface area (Å²) in [6.07, 6.45) is 0.589. The number of ether oxygens (including phenoxy) is 1. The number of hydrogen-bond acceptors (Lipinski definition) is 3. The Labute approximate surface area is 91.5 Å². The van der Waals surface area contributed by atoms with E-state index in [2.05, 4.69) is 21.3 Å². The molecule has 0 spiro atoms. The Balaban J connectivity index is 3.32. The van der Waals surface area contributed by atoms with Crippen LogP contribution in [0.5, 0.6) is 0 Å². The molecule has 0 radical (unpaired) electrons. The number of terminal acetylenes is 1. The summed E-state index contributed by atoms with van der Waals surface area (Å²) in [6.45, 7) is -1.16. The summed E-state index contributed by atoms with van der Waals surface area (Å²) in [6, 6.07) is 0. The number of amides is 1. The van der Waals surface area contributed by atoms with Gasteiger partial charge in [0, 0.05) is 6.54 Å². The van der Waals surface area contributed by atoms with Gasteiger partial charge >= 0.3 is 6.18 Å². The SMILES string of the molecule is C#CCNCC(=O)NCCOCC(F)(F)F. The zero-order chi connectivity index (χ0) is 12.4. The van der Waals surface area contributed by atoms with E-state index < -0.39 is 12.8 Å². The van der Waals surface area contributed by atoms with Gasteiger partial charge in [-0.25, -0.2) is 0 Å². The molecule has 16 heavy (non-hydrogen) atoms. The van der Waals surface area contributed by atoms with Crippen molar-refractivity contribution in [2.75, 3.05) is 32.8 Å². The Morgan fingerprint density at radius 3 is 2.69 bits per heavy atom. The number of hydrogen-bond donors (Lipinski definition) is 2. The molecule has 0 saturated carbocycles. The first-order valence-electron chi connectivity index (χ1n) is 4.51. The molecule has 0 heterocycles. The van der Waals surface area contributed by atoms with Crippen LogP contribution >= 0.6 is 0 Å². The summed E-state index contributed by atoms with van der Waals surface area (Å²) in [7, 11) is 0. The number of alkyl halides is 3. The van der Waals surface area contributed by atoms with E-state index in [1.807, 2.05) is 0 Å². The van der Waals surface area contributed by atoms with Gasteiger partial charge in [-0.05, 0) is 0 Å². The molecule has 0 aromatic heterocycles. The van der Waals surface area contributed by atoms with Crippen LogP contribution in [0, 0.1) is 12.3 Å². The second kappa shape index (κ2) is 7.96. The molecule has 0 aromatic carbocycles. The number of carbonyl (C=O) groups excluding carboxylic acids is 1. The number of nitrogens with one attached hydrogen (secondary N) is 2. The molecule has 0 unspecified atom stereocenters. The minimum Gasteiger partial charge on any atom is -0.370 e. The lowest BCUT2D eigenvalue weighted by atomic mass is 10.5. The lowest BCUT2D eigenvalue weighted by Crippen LogP contribution is -2.36. The Morgan fingerprint density at radius 1 is 1.44 bits per heavy atom. The molecule has 2 N–H and O–H groups in total. The fraction of sp³-hybridized carbons (Fsp3) is 0.667. The topological polar surface area (TPSA) is 50.4 Å². The van der Waals surface area contributed by atoms with E-state index in [0.717, 1.165) is 0 Å². The van der Waals surface area contributed by atoms with Crippen LogP contribution in [-0.2, 0) is 9.53 Å². The van der Waals surface area contributed by atoms with Crippen molar-refractivity contribution in [2.24, 2.45) is 0 Å². The highest BCUT2D eigenvalue weighted by molar-refractivity contribution is 5.77. The fourth-order valence-electron chi connectivity index (χ4n) is 0.761. The molecule has 0 rings (SSSR count). The second-order valence-corrected chi connectivity index (χ2v) is 2.83. The Bertz CT molecular complexity index is 248. The average Bonchev–Trinajstić information content (AvgIpc) is 2.16. The monoisotopic (exact) mass is 238 g/mol. The van der Waals surface area contributed by atoms with Crippen molar-refractivity contribution >= 4 is 5.91 Å². The van der Waals surface area contributed by atoms with Crippen molar-refractivity contribution in [1.82, 2.24) is 10.6 Å². The van der Waals surface area contributed by atoms with E-state index >= 15 is 0 Å². The number of rotatable bonds is 7. The molecule has 0 atom stereocenters.